The van der Waals surface area contributed by atoms with Crippen LogP contribution in [0, 0.1) is 12.8 Å². The maximum absolute atomic E-state index is 12.4. The molecule has 0 aliphatic heterocycles. The zero-order chi connectivity index (χ0) is 17.7. The molecule has 1 aliphatic rings. The van der Waals surface area contributed by atoms with Gasteiger partial charge in [-0.15, -0.1) is 0 Å². The molecule has 0 unspecified atom stereocenters. The molecule has 0 radical (unpaired) electrons. The van der Waals surface area contributed by atoms with Crippen molar-refractivity contribution in [2.45, 2.75) is 59.0 Å². The number of hydrogen-bond acceptors (Lipinski definition) is 3. The van der Waals surface area contributed by atoms with Crippen LogP contribution in [0.4, 0.5) is 11.4 Å². The summed E-state index contributed by atoms with van der Waals surface area (Å²) in [5, 5.41) is 5.87. The van der Waals surface area contributed by atoms with E-state index in [0.29, 0.717) is 18.0 Å². The lowest BCUT2D eigenvalue weighted by molar-refractivity contribution is -0.136. The van der Waals surface area contributed by atoms with Crippen molar-refractivity contribution in [2.24, 2.45) is 5.92 Å². The molecule has 5 heteroatoms. The third-order valence-corrected chi connectivity index (χ3v) is 4.53. The van der Waals surface area contributed by atoms with E-state index in [2.05, 4.69) is 10.6 Å². The SMILES string of the molecule is CCOC(C)(C)C(=O)Nc1cc(NC(=O)C2CCCC2)ccc1C. The van der Waals surface area contributed by atoms with Gasteiger partial charge in [-0.3, -0.25) is 9.59 Å². The summed E-state index contributed by atoms with van der Waals surface area (Å²) < 4.78 is 5.48. The van der Waals surface area contributed by atoms with Gasteiger partial charge in [-0.1, -0.05) is 18.9 Å². The molecule has 1 fully saturated rings. The normalized spacial score (nSPS) is 15.3. The summed E-state index contributed by atoms with van der Waals surface area (Å²) in [6, 6.07) is 5.57. The topological polar surface area (TPSA) is 67.4 Å². The van der Waals surface area contributed by atoms with Crippen LogP contribution in [-0.2, 0) is 14.3 Å². The predicted octanol–water partition coefficient (Wildman–Crippen LogP) is 3.88. The Morgan fingerprint density at radius 3 is 2.50 bits per heavy atom. The molecule has 0 aromatic heterocycles. The quantitative estimate of drug-likeness (QED) is 0.831. The Morgan fingerprint density at radius 1 is 1.21 bits per heavy atom. The first-order chi connectivity index (χ1) is 11.3. The first-order valence-electron chi connectivity index (χ1n) is 8.70. The zero-order valence-corrected chi connectivity index (χ0v) is 15.1. The lowest BCUT2D eigenvalue weighted by atomic mass is 10.1. The number of carbonyl (C=O) groups is 2. The first kappa shape index (κ1) is 18.5. The van der Waals surface area contributed by atoms with E-state index in [1.54, 1.807) is 13.8 Å². The molecule has 0 heterocycles. The van der Waals surface area contributed by atoms with Crippen molar-refractivity contribution in [1.82, 2.24) is 0 Å². The van der Waals surface area contributed by atoms with E-state index in [1.165, 1.54) is 0 Å². The fraction of sp³-hybridized carbons (Fsp3) is 0.579. The molecule has 0 atom stereocenters. The van der Waals surface area contributed by atoms with E-state index in [-0.39, 0.29) is 17.7 Å². The molecule has 0 bridgehead atoms. The van der Waals surface area contributed by atoms with Crippen molar-refractivity contribution in [1.29, 1.82) is 0 Å². The van der Waals surface area contributed by atoms with E-state index in [4.69, 9.17) is 4.74 Å². The third kappa shape index (κ3) is 4.57. The number of nitrogens with one attached hydrogen (secondary N) is 2. The summed E-state index contributed by atoms with van der Waals surface area (Å²) in [5.41, 5.74) is 1.44. The highest BCUT2D eigenvalue weighted by Crippen LogP contribution is 2.27. The lowest BCUT2D eigenvalue weighted by Crippen LogP contribution is -2.40. The van der Waals surface area contributed by atoms with E-state index in [9.17, 15) is 9.59 Å². The minimum Gasteiger partial charge on any atom is -0.366 e. The summed E-state index contributed by atoms with van der Waals surface area (Å²) in [4.78, 5) is 24.7. The summed E-state index contributed by atoms with van der Waals surface area (Å²) >= 11 is 0. The van der Waals surface area contributed by atoms with Crippen LogP contribution in [0.25, 0.3) is 0 Å². The molecule has 1 aliphatic carbocycles. The average Bonchev–Trinajstić information content (AvgIpc) is 3.05. The fourth-order valence-corrected chi connectivity index (χ4v) is 2.97. The Hall–Kier alpha value is -1.88. The number of hydrogen-bond donors (Lipinski definition) is 2. The van der Waals surface area contributed by atoms with Gasteiger partial charge in [0.1, 0.15) is 5.60 Å². The van der Waals surface area contributed by atoms with Gasteiger partial charge in [0.25, 0.3) is 5.91 Å². The molecular formula is C19H28N2O3. The Balaban J connectivity index is 2.08. The molecule has 1 aromatic rings. The van der Waals surface area contributed by atoms with Crippen molar-refractivity contribution in [2.75, 3.05) is 17.2 Å². The van der Waals surface area contributed by atoms with E-state index < -0.39 is 5.60 Å². The second-order valence-corrected chi connectivity index (χ2v) is 6.90. The number of carbonyl (C=O) groups excluding carboxylic acids is 2. The molecule has 1 aromatic carbocycles. The third-order valence-electron chi connectivity index (χ3n) is 4.53. The average molecular weight is 332 g/mol. The molecule has 132 valence electrons. The minimum atomic E-state index is -0.899. The van der Waals surface area contributed by atoms with Gasteiger partial charge in [0.05, 0.1) is 0 Å². The predicted molar refractivity (Wildman–Crippen MR) is 96.1 cm³/mol. The number of benzene rings is 1. The second kappa shape index (κ2) is 7.79. The summed E-state index contributed by atoms with van der Waals surface area (Å²) in [5.74, 6) is -0.0174. The fourth-order valence-electron chi connectivity index (χ4n) is 2.97. The van der Waals surface area contributed by atoms with Crippen LogP contribution >= 0.6 is 0 Å². The molecule has 2 rings (SSSR count). The highest BCUT2D eigenvalue weighted by Gasteiger charge is 2.28. The smallest absolute Gasteiger partial charge is 0.256 e. The van der Waals surface area contributed by atoms with E-state index >= 15 is 0 Å². The second-order valence-electron chi connectivity index (χ2n) is 6.90. The summed E-state index contributed by atoms with van der Waals surface area (Å²) in [6.45, 7) is 7.74. The van der Waals surface area contributed by atoms with Gasteiger partial charge in [-0.05, 0) is 58.2 Å². The Kier molecular flexibility index (Phi) is 5.99. The molecule has 2 amide bonds. The van der Waals surface area contributed by atoms with Crippen molar-refractivity contribution in [3.63, 3.8) is 0 Å². The number of rotatable bonds is 6. The van der Waals surface area contributed by atoms with Gasteiger partial charge in [0.2, 0.25) is 5.91 Å². The van der Waals surface area contributed by atoms with Crippen LogP contribution in [-0.4, -0.2) is 24.0 Å². The highest BCUT2D eigenvalue weighted by atomic mass is 16.5. The van der Waals surface area contributed by atoms with Crippen LogP contribution in [0.5, 0.6) is 0 Å². The number of aryl methyl sites for hydroxylation is 1. The van der Waals surface area contributed by atoms with Crippen LogP contribution in [0.3, 0.4) is 0 Å². The summed E-state index contributed by atoms with van der Waals surface area (Å²) in [7, 11) is 0. The van der Waals surface area contributed by atoms with E-state index in [0.717, 1.165) is 31.2 Å². The van der Waals surface area contributed by atoms with Gasteiger partial charge >= 0.3 is 0 Å². The number of anilines is 2. The van der Waals surface area contributed by atoms with E-state index in [1.807, 2.05) is 32.0 Å². The summed E-state index contributed by atoms with van der Waals surface area (Å²) in [6.07, 6.45) is 4.17. The first-order valence-corrected chi connectivity index (χ1v) is 8.70. The molecule has 2 N–H and O–H groups in total. The maximum Gasteiger partial charge on any atom is 0.256 e. The Morgan fingerprint density at radius 2 is 1.88 bits per heavy atom. The van der Waals surface area contributed by atoms with Crippen LogP contribution in [0.1, 0.15) is 52.0 Å². The van der Waals surface area contributed by atoms with Crippen molar-refractivity contribution >= 4 is 23.2 Å². The van der Waals surface area contributed by atoms with Gasteiger partial charge in [0, 0.05) is 23.9 Å². The highest BCUT2D eigenvalue weighted by molar-refractivity contribution is 5.98. The van der Waals surface area contributed by atoms with Crippen molar-refractivity contribution in [3.05, 3.63) is 23.8 Å². The standard InChI is InChI=1S/C19H28N2O3/c1-5-24-19(3,4)18(23)21-16-12-15(11-10-13(16)2)20-17(22)14-8-6-7-9-14/h10-12,14H,5-9H2,1-4H3,(H,20,22)(H,21,23). The number of ether oxygens (including phenoxy) is 1. The number of amides is 2. The molecule has 1 saturated carbocycles. The molecule has 0 saturated heterocycles. The van der Waals surface area contributed by atoms with Crippen molar-refractivity contribution < 1.29 is 14.3 Å². The molecular weight excluding hydrogens is 304 g/mol. The van der Waals surface area contributed by atoms with Crippen LogP contribution in [0.15, 0.2) is 18.2 Å². The minimum absolute atomic E-state index is 0.0725. The lowest BCUT2D eigenvalue weighted by Gasteiger charge is -2.24. The van der Waals surface area contributed by atoms with Gasteiger partial charge in [0.15, 0.2) is 0 Å². The van der Waals surface area contributed by atoms with Crippen molar-refractivity contribution in [3.8, 4) is 0 Å². The van der Waals surface area contributed by atoms with Gasteiger partial charge in [-0.25, -0.2) is 0 Å². The molecule has 0 spiro atoms. The Bertz CT molecular complexity index is 605. The van der Waals surface area contributed by atoms with Gasteiger partial charge in [-0.2, -0.15) is 0 Å². The zero-order valence-electron chi connectivity index (χ0n) is 15.1. The molecule has 5 nitrogen and oxygen atoms in total. The van der Waals surface area contributed by atoms with Gasteiger partial charge < -0.3 is 15.4 Å². The Labute approximate surface area is 144 Å². The van der Waals surface area contributed by atoms with Crippen LogP contribution in [0.2, 0.25) is 0 Å². The molecule has 24 heavy (non-hydrogen) atoms. The van der Waals surface area contributed by atoms with Crippen LogP contribution < -0.4 is 10.6 Å². The maximum atomic E-state index is 12.4. The largest absolute Gasteiger partial charge is 0.366 e. The monoisotopic (exact) mass is 332 g/mol.